The maximum absolute atomic E-state index is 11.8. The summed E-state index contributed by atoms with van der Waals surface area (Å²) in [6.07, 6.45) is 8.35. The second-order valence-electron chi connectivity index (χ2n) is 5.65. The maximum Gasteiger partial charge on any atom is 0.220 e. The van der Waals surface area contributed by atoms with Crippen LogP contribution in [0.1, 0.15) is 52.0 Å². The zero-order chi connectivity index (χ0) is 14.1. The third-order valence-corrected chi connectivity index (χ3v) is 3.19. The van der Waals surface area contributed by atoms with Gasteiger partial charge in [-0.2, -0.15) is 0 Å². The Labute approximate surface area is 116 Å². The minimum atomic E-state index is 0.140. The van der Waals surface area contributed by atoms with Crippen LogP contribution in [0.15, 0.2) is 24.5 Å². The van der Waals surface area contributed by atoms with Gasteiger partial charge in [0, 0.05) is 24.9 Å². The van der Waals surface area contributed by atoms with Crippen molar-refractivity contribution in [2.75, 3.05) is 0 Å². The van der Waals surface area contributed by atoms with Gasteiger partial charge < -0.3 is 5.32 Å². The Kier molecular flexibility index (Phi) is 7.16. The molecule has 3 nitrogen and oxygen atoms in total. The molecule has 1 amide bonds. The first-order chi connectivity index (χ1) is 9.08. The van der Waals surface area contributed by atoms with Crippen LogP contribution in [0.2, 0.25) is 0 Å². The topological polar surface area (TPSA) is 42.0 Å². The first-order valence-corrected chi connectivity index (χ1v) is 7.26. The molecule has 0 bridgehead atoms. The van der Waals surface area contributed by atoms with Crippen LogP contribution in [-0.2, 0) is 11.2 Å². The highest BCUT2D eigenvalue weighted by molar-refractivity contribution is 5.76. The fourth-order valence-corrected chi connectivity index (χ4v) is 2.06. The first-order valence-electron chi connectivity index (χ1n) is 7.26. The molecule has 1 atom stereocenters. The van der Waals surface area contributed by atoms with Gasteiger partial charge in [0.15, 0.2) is 0 Å². The Balaban J connectivity index is 2.16. The van der Waals surface area contributed by atoms with Crippen molar-refractivity contribution in [3.05, 3.63) is 30.1 Å². The average Bonchev–Trinajstić information content (AvgIpc) is 2.37. The molecule has 0 aliphatic heterocycles. The minimum Gasteiger partial charge on any atom is -0.354 e. The van der Waals surface area contributed by atoms with Crippen LogP contribution in [0, 0.1) is 5.92 Å². The molecule has 0 aromatic carbocycles. The summed E-state index contributed by atoms with van der Waals surface area (Å²) in [5.41, 5.74) is 1.12. The summed E-state index contributed by atoms with van der Waals surface area (Å²) in [5.74, 6) is 0.884. The number of carbonyl (C=O) groups excluding carboxylic acids is 1. The number of aromatic nitrogens is 1. The van der Waals surface area contributed by atoms with E-state index in [1.54, 1.807) is 6.20 Å². The lowest BCUT2D eigenvalue weighted by molar-refractivity contribution is -0.121. The standard InChI is InChI=1S/C16H26N2O/c1-13(2)6-4-7-14(3)18-16(19)10-9-15-8-5-11-17-12-15/h5,8,11-14H,4,6-7,9-10H2,1-3H3,(H,18,19). The van der Waals surface area contributed by atoms with E-state index >= 15 is 0 Å². The lowest BCUT2D eigenvalue weighted by Gasteiger charge is -2.14. The first kappa shape index (κ1) is 15.7. The fourth-order valence-electron chi connectivity index (χ4n) is 2.06. The Morgan fingerprint density at radius 1 is 1.32 bits per heavy atom. The summed E-state index contributed by atoms with van der Waals surface area (Å²) in [7, 11) is 0. The zero-order valence-electron chi connectivity index (χ0n) is 12.4. The van der Waals surface area contributed by atoms with Gasteiger partial charge in [0.05, 0.1) is 0 Å². The van der Waals surface area contributed by atoms with E-state index in [0.29, 0.717) is 6.42 Å². The van der Waals surface area contributed by atoms with E-state index in [1.807, 2.05) is 18.3 Å². The molecule has 19 heavy (non-hydrogen) atoms. The molecule has 1 rings (SSSR count). The molecule has 0 saturated carbocycles. The van der Waals surface area contributed by atoms with Crippen LogP contribution in [0.4, 0.5) is 0 Å². The second kappa shape index (κ2) is 8.68. The van der Waals surface area contributed by atoms with E-state index in [4.69, 9.17) is 0 Å². The van der Waals surface area contributed by atoms with Gasteiger partial charge in [-0.05, 0) is 37.3 Å². The lowest BCUT2D eigenvalue weighted by Crippen LogP contribution is -2.32. The quantitative estimate of drug-likeness (QED) is 0.780. The number of nitrogens with one attached hydrogen (secondary N) is 1. The zero-order valence-corrected chi connectivity index (χ0v) is 12.4. The molecular weight excluding hydrogens is 236 g/mol. The molecule has 3 heteroatoms. The predicted octanol–water partition coefficient (Wildman–Crippen LogP) is 3.35. The summed E-state index contributed by atoms with van der Waals surface area (Å²) in [4.78, 5) is 15.8. The fraction of sp³-hybridized carbons (Fsp3) is 0.625. The van der Waals surface area contributed by atoms with Crippen molar-refractivity contribution in [3.8, 4) is 0 Å². The molecular formula is C16H26N2O. The molecule has 0 spiro atoms. The summed E-state index contributed by atoms with van der Waals surface area (Å²) < 4.78 is 0. The van der Waals surface area contributed by atoms with Crippen molar-refractivity contribution in [1.82, 2.24) is 10.3 Å². The van der Waals surface area contributed by atoms with Crippen LogP contribution in [0.5, 0.6) is 0 Å². The molecule has 1 heterocycles. The molecule has 0 saturated heterocycles. The average molecular weight is 262 g/mol. The Bertz CT molecular complexity index is 362. The van der Waals surface area contributed by atoms with Crippen LogP contribution < -0.4 is 5.32 Å². The van der Waals surface area contributed by atoms with E-state index in [0.717, 1.165) is 24.3 Å². The maximum atomic E-state index is 11.8. The Morgan fingerprint density at radius 3 is 2.74 bits per heavy atom. The van der Waals surface area contributed by atoms with Crippen LogP contribution in [-0.4, -0.2) is 16.9 Å². The van der Waals surface area contributed by atoms with Crippen molar-refractivity contribution in [2.45, 2.75) is 58.9 Å². The minimum absolute atomic E-state index is 0.140. The van der Waals surface area contributed by atoms with Crippen LogP contribution in [0.3, 0.4) is 0 Å². The molecule has 0 fully saturated rings. The molecule has 0 radical (unpaired) electrons. The highest BCUT2D eigenvalue weighted by atomic mass is 16.1. The predicted molar refractivity (Wildman–Crippen MR) is 78.9 cm³/mol. The molecule has 0 aliphatic rings. The molecule has 1 unspecified atom stereocenters. The number of nitrogens with zero attached hydrogens (tertiary/aromatic N) is 1. The van der Waals surface area contributed by atoms with Gasteiger partial charge in [-0.15, -0.1) is 0 Å². The number of rotatable bonds is 8. The smallest absolute Gasteiger partial charge is 0.220 e. The van der Waals surface area contributed by atoms with Crippen molar-refractivity contribution in [2.24, 2.45) is 5.92 Å². The largest absolute Gasteiger partial charge is 0.354 e. The van der Waals surface area contributed by atoms with Crippen molar-refractivity contribution >= 4 is 5.91 Å². The van der Waals surface area contributed by atoms with Crippen LogP contribution in [0.25, 0.3) is 0 Å². The summed E-state index contributed by atoms with van der Waals surface area (Å²) in [6, 6.07) is 4.19. The Hall–Kier alpha value is -1.38. The molecule has 1 aromatic rings. The van der Waals surface area contributed by atoms with E-state index < -0.39 is 0 Å². The monoisotopic (exact) mass is 262 g/mol. The van der Waals surface area contributed by atoms with E-state index in [2.05, 4.69) is 31.1 Å². The van der Waals surface area contributed by atoms with Gasteiger partial charge in [0.25, 0.3) is 0 Å². The Morgan fingerprint density at radius 2 is 2.11 bits per heavy atom. The summed E-state index contributed by atoms with van der Waals surface area (Å²) in [6.45, 7) is 6.55. The van der Waals surface area contributed by atoms with E-state index in [-0.39, 0.29) is 11.9 Å². The number of carbonyl (C=O) groups is 1. The number of aryl methyl sites for hydroxylation is 1. The molecule has 0 aliphatic carbocycles. The molecule has 1 N–H and O–H groups in total. The number of hydrogen-bond acceptors (Lipinski definition) is 2. The summed E-state index contributed by atoms with van der Waals surface area (Å²) in [5, 5.41) is 3.06. The third kappa shape index (κ3) is 7.60. The number of amides is 1. The molecule has 1 aromatic heterocycles. The van der Waals surface area contributed by atoms with E-state index in [9.17, 15) is 4.79 Å². The lowest BCUT2D eigenvalue weighted by atomic mass is 10.0. The number of pyridine rings is 1. The third-order valence-electron chi connectivity index (χ3n) is 3.19. The normalized spacial score (nSPS) is 12.4. The van der Waals surface area contributed by atoms with Gasteiger partial charge in [-0.25, -0.2) is 0 Å². The van der Waals surface area contributed by atoms with Gasteiger partial charge in [-0.1, -0.05) is 32.8 Å². The number of hydrogen-bond donors (Lipinski definition) is 1. The van der Waals surface area contributed by atoms with Crippen molar-refractivity contribution < 1.29 is 4.79 Å². The van der Waals surface area contributed by atoms with Crippen molar-refractivity contribution in [1.29, 1.82) is 0 Å². The van der Waals surface area contributed by atoms with Gasteiger partial charge in [0.2, 0.25) is 5.91 Å². The SMILES string of the molecule is CC(C)CCCC(C)NC(=O)CCc1cccnc1. The van der Waals surface area contributed by atoms with Gasteiger partial charge in [-0.3, -0.25) is 9.78 Å². The summed E-state index contributed by atoms with van der Waals surface area (Å²) >= 11 is 0. The highest BCUT2D eigenvalue weighted by Gasteiger charge is 2.07. The van der Waals surface area contributed by atoms with Gasteiger partial charge >= 0.3 is 0 Å². The van der Waals surface area contributed by atoms with Crippen LogP contribution >= 0.6 is 0 Å². The van der Waals surface area contributed by atoms with E-state index in [1.165, 1.54) is 12.8 Å². The van der Waals surface area contributed by atoms with Gasteiger partial charge in [0.1, 0.15) is 0 Å². The highest BCUT2D eigenvalue weighted by Crippen LogP contribution is 2.08. The van der Waals surface area contributed by atoms with Crippen molar-refractivity contribution in [3.63, 3.8) is 0 Å². The second-order valence-corrected chi connectivity index (χ2v) is 5.65. The molecule has 106 valence electrons.